The van der Waals surface area contributed by atoms with E-state index in [0.717, 1.165) is 12.2 Å². The van der Waals surface area contributed by atoms with Crippen molar-refractivity contribution in [1.29, 1.82) is 0 Å². The van der Waals surface area contributed by atoms with E-state index in [1.807, 2.05) is 18.2 Å². The van der Waals surface area contributed by atoms with Crippen molar-refractivity contribution < 1.29 is 33.2 Å². The zero-order chi connectivity index (χ0) is 25.8. The number of carbonyl (C=O) groups is 1. The maximum absolute atomic E-state index is 12.3. The number of nitrogens with zero attached hydrogens (tertiary/aromatic N) is 1. The molecule has 1 amide bonds. The number of carbonyl (C=O) groups excluding carboxylic acids is 1. The Balaban J connectivity index is 1.62. The molecule has 0 aromatic heterocycles. The number of hydrogen-bond donors (Lipinski definition) is 2. The van der Waals surface area contributed by atoms with Crippen LogP contribution in [-0.2, 0) is 23.7 Å². The Morgan fingerprint density at radius 3 is 2.00 bits per heavy atom. The van der Waals surface area contributed by atoms with Crippen molar-refractivity contribution in [2.75, 3.05) is 95.6 Å². The van der Waals surface area contributed by atoms with Crippen LogP contribution in [0.4, 0.5) is 21.9 Å². The topological polar surface area (TPSA) is 114 Å². The van der Waals surface area contributed by atoms with Crippen LogP contribution in [0.15, 0.2) is 48.5 Å². The van der Waals surface area contributed by atoms with Gasteiger partial charge in [-0.15, -0.1) is 0 Å². The Kier molecular flexibility index (Phi) is 15.0. The van der Waals surface area contributed by atoms with Crippen molar-refractivity contribution in [2.45, 2.75) is 6.92 Å². The van der Waals surface area contributed by atoms with E-state index < -0.39 is 6.09 Å². The van der Waals surface area contributed by atoms with E-state index in [4.69, 9.17) is 34.2 Å². The summed E-state index contributed by atoms with van der Waals surface area (Å²) in [6.45, 7) is 8.30. The van der Waals surface area contributed by atoms with E-state index >= 15 is 0 Å². The van der Waals surface area contributed by atoms with E-state index in [9.17, 15) is 4.79 Å². The second-order valence-corrected chi connectivity index (χ2v) is 7.62. The standard InChI is InChI=1S/C26H39N3O7/c1-3-29(11-12-32-15-16-34-19-20-35-18-17-33-14-13-31-2)22-9-10-24(27)25(21-22)28-26(30)36-23-7-5-4-6-8-23/h4-10,21H,3,11-20,27H2,1-2H3,(H,28,30). The first-order valence-electron chi connectivity index (χ1n) is 12.1. The number of para-hydroxylation sites is 1. The van der Waals surface area contributed by atoms with Gasteiger partial charge in [-0.1, -0.05) is 18.2 Å². The number of methoxy groups -OCH3 is 1. The van der Waals surface area contributed by atoms with Crippen LogP contribution < -0.4 is 20.7 Å². The first-order chi connectivity index (χ1) is 17.6. The number of benzene rings is 2. The van der Waals surface area contributed by atoms with Crippen molar-refractivity contribution in [3.05, 3.63) is 48.5 Å². The minimum atomic E-state index is -0.600. The lowest BCUT2D eigenvalue weighted by molar-refractivity contribution is -0.00722. The molecule has 2 aromatic carbocycles. The molecular weight excluding hydrogens is 466 g/mol. The largest absolute Gasteiger partial charge is 0.417 e. The third-order valence-corrected chi connectivity index (χ3v) is 5.03. The van der Waals surface area contributed by atoms with E-state index in [0.29, 0.717) is 83.1 Å². The average molecular weight is 506 g/mol. The molecule has 0 aliphatic rings. The summed E-state index contributed by atoms with van der Waals surface area (Å²) in [5.74, 6) is 0.455. The van der Waals surface area contributed by atoms with Gasteiger partial charge < -0.3 is 39.1 Å². The summed E-state index contributed by atoms with van der Waals surface area (Å²) in [7, 11) is 1.64. The van der Waals surface area contributed by atoms with Crippen molar-refractivity contribution in [1.82, 2.24) is 0 Å². The fourth-order valence-corrected chi connectivity index (χ4v) is 3.13. The Morgan fingerprint density at radius 1 is 0.833 bits per heavy atom. The molecule has 0 radical (unpaired) electrons. The predicted octanol–water partition coefficient (Wildman–Crippen LogP) is 3.42. The maximum atomic E-state index is 12.3. The molecular formula is C26H39N3O7. The SMILES string of the molecule is CCN(CCOCCOCCOCCOCCOC)c1ccc(N)c(NC(=O)Oc2ccccc2)c1. The van der Waals surface area contributed by atoms with Crippen molar-refractivity contribution in [3.8, 4) is 5.75 Å². The minimum absolute atomic E-state index is 0.454. The molecule has 36 heavy (non-hydrogen) atoms. The van der Waals surface area contributed by atoms with E-state index in [1.54, 1.807) is 37.4 Å². The summed E-state index contributed by atoms with van der Waals surface area (Å²) >= 11 is 0. The summed E-state index contributed by atoms with van der Waals surface area (Å²) in [4.78, 5) is 14.4. The number of rotatable bonds is 19. The van der Waals surface area contributed by atoms with Crippen LogP contribution in [-0.4, -0.2) is 85.8 Å². The number of ether oxygens (including phenoxy) is 6. The fourth-order valence-electron chi connectivity index (χ4n) is 3.13. The molecule has 0 saturated heterocycles. The van der Waals surface area contributed by atoms with Gasteiger partial charge in [-0.25, -0.2) is 4.79 Å². The molecule has 0 heterocycles. The summed E-state index contributed by atoms with van der Waals surface area (Å²) in [6, 6.07) is 14.4. The quantitative estimate of drug-likeness (QED) is 0.219. The zero-order valence-electron chi connectivity index (χ0n) is 21.3. The molecule has 2 rings (SSSR count). The van der Waals surface area contributed by atoms with Crippen molar-refractivity contribution >= 4 is 23.2 Å². The highest BCUT2D eigenvalue weighted by Gasteiger charge is 2.11. The van der Waals surface area contributed by atoms with Crippen molar-refractivity contribution in [3.63, 3.8) is 0 Å². The molecule has 0 bridgehead atoms. The van der Waals surface area contributed by atoms with Crippen LogP contribution in [0.25, 0.3) is 0 Å². The van der Waals surface area contributed by atoms with Gasteiger partial charge in [0.1, 0.15) is 5.75 Å². The van der Waals surface area contributed by atoms with Crippen molar-refractivity contribution in [2.24, 2.45) is 0 Å². The average Bonchev–Trinajstić information content (AvgIpc) is 2.88. The number of nitrogens with one attached hydrogen (secondary N) is 1. The number of anilines is 3. The molecule has 3 N–H and O–H groups in total. The first kappa shape index (κ1) is 29.3. The third-order valence-electron chi connectivity index (χ3n) is 5.03. The van der Waals surface area contributed by atoms with E-state index in [1.165, 1.54) is 0 Å². The molecule has 0 saturated carbocycles. The summed E-state index contributed by atoms with van der Waals surface area (Å²) < 4.78 is 32.1. The van der Waals surface area contributed by atoms with Crippen LogP contribution >= 0.6 is 0 Å². The van der Waals surface area contributed by atoms with Gasteiger partial charge in [0.2, 0.25) is 0 Å². The number of likely N-dealkylation sites (N-methyl/N-ethyl adjacent to an activating group) is 1. The smallest absolute Gasteiger partial charge is 0.410 e. The number of hydrogen-bond acceptors (Lipinski definition) is 9. The lowest BCUT2D eigenvalue weighted by Gasteiger charge is -2.24. The molecule has 0 unspecified atom stereocenters. The molecule has 0 aliphatic carbocycles. The Morgan fingerprint density at radius 2 is 1.42 bits per heavy atom. The molecule has 10 heteroatoms. The second-order valence-electron chi connectivity index (χ2n) is 7.62. The molecule has 10 nitrogen and oxygen atoms in total. The second kappa shape index (κ2) is 18.4. The Labute approximate surface area is 213 Å². The normalized spacial score (nSPS) is 10.8. The summed E-state index contributed by atoms with van der Waals surface area (Å²) in [5, 5.41) is 2.72. The first-order valence-corrected chi connectivity index (χ1v) is 12.1. The number of nitrogen functional groups attached to an aromatic ring is 1. The lowest BCUT2D eigenvalue weighted by atomic mass is 10.2. The van der Waals surface area contributed by atoms with Crippen LogP contribution in [0.1, 0.15) is 6.92 Å². The molecule has 200 valence electrons. The summed E-state index contributed by atoms with van der Waals surface area (Å²) in [5.41, 5.74) is 7.92. The molecule has 0 spiro atoms. The van der Waals surface area contributed by atoms with Gasteiger partial charge in [-0.2, -0.15) is 0 Å². The highest BCUT2D eigenvalue weighted by molar-refractivity contribution is 5.91. The number of amides is 1. The molecule has 0 fully saturated rings. The molecule has 0 aliphatic heterocycles. The van der Waals surface area contributed by atoms with Gasteiger partial charge in [0.15, 0.2) is 0 Å². The van der Waals surface area contributed by atoms with Gasteiger partial charge in [0.05, 0.1) is 70.8 Å². The Bertz CT molecular complexity index is 855. The fraction of sp³-hybridized carbons (Fsp3) is 0.500. The van der Waals surface area contributed by atoms with Gasteiger partial charge >= 0.3 is 6.09 Å². The van der Waals surface area contributed by atoms with Gasteiger partial charge in [-0.3, -0.25) is 5.32 Å². The highest BCUT2D eigenvalue weighted by Crippen LogP contribution is 2.26. The Hall–Kier alpha value is -2.89. The van der Waals surface area contributed by atoms with Crippen LogP contribution in [0.2, 0.25) is 0 Å². The predicted molar refractivity (Wildman–Crippen MR) is 140 cm³/mol. The van der Waals surface area contributed by atoms with Gasteiger partial charge in [-0.05, 0) is 37.3 Å². The van der Waals surface area contributed by atoms with E-state index in [-0.39, 0.29) is 0 Å². The van der Waals surface area contributed by atoms with Crippen LogP contribution in [0.5, 0.6) is 5.75 Å². The zero-order valence-corrected chi connectivity index (χ0v) is 21.3. The minimum Gasteiger partial charge on any atom is -0.410 e. The van der Waals surface area contributed by atoms with Crippen LogP contribution in [0, 0.1) is 0 Å². The highest BCUT2D eigenvalue weighted by atomic mass is 16.6. The monoisotopic (exact) mass is 505 g/mol. The molecule has 0 atom stereocenters. The van der Waals surface area contributed by atoms with Crippen LogP contribution in [0.3, 0.4) is 0 Å². The van der Waals surface area contributed by atoms with Gasteiger partial charge in [0, 0.05) is 25.9 Å². The summed E-state index contributed by atoms with van der Waals surface area (Å²) in [6.07, 6.45) is -0.600. The maximum Gasteiger partial charge on any atom is 0.417 e. The molecule has 2 aromatic rings. The van der Waals surface area contributed by atoms with Gasteiger partial charge in [0.25, 0.3) is 0 Å². The van der Waals surface area contributed by atoms with E-state index in [2.05, 4.69) is 17.1 Å². The third kappa shape index (κ3) is 12.2. The lowest BCUT2D eigenvalue weighted by Crippen LogP contribution is -2.28. The number of nitrogens with two attached hydrogens (primary N) is 1.